The highest BCUT2D eigenvalue weighted by molar-refractivity contribution is 6.12. The number of rotatable bonds is 6. The average molecular weight is 442 g/mol. The quantitative estimate of drug-likeness (QED) is 0.299. The first kappa shape index (κ1) is 21.6. The third kappa shape index (κ3) is 4.40. The number of hydrogen-bond donors (Lipinski definition) is 3. The zero-order chi connectivity index (χ0) is 23.4. The first-order chi connectivity index (χ1) is 16.0. The number of aromatic nitrogens is 1. The molecule has 1 aromatic heterocycles. The first-order valence-electron chi connectivity index (χ1n) is 10.1. The average Bonchev–Trinajstić information content (AvgIpc) is 2.84. The molecule has 0 aliphatic rings. The van der Waals surface area contributed by atoms with Crippen LogP contribution in [0.25, 0.3) is 10.8 Å². The van der Waals surface area contributed by atoms with Gasteiger partial charge in [-0.15, -0.1) is 0 Å². The van der Waals surface area contributed by atoms with E-state index >= 15 is 0 Å². The van der Waals surface area contributed by atoms with Crippen molar-refractivity contribution in [2.24, 2.45) is 0 Å². The first-order valence-corrected chi connectivity index (χ1v) is 10.1. The Labute approximate surface area is 190 Å². The predicted molar refractivity (Wildman–Crippen MR) is 128 cm³/mol. The SMILES string of the molecule is COC(=O)c1cnccc1NN(C)c1c(O)c(C(=O)Nc2ccccc2)cc2ccccc12. The van der Waals surface area contributed by atoms with Crippen molar-refractivity contribution < 1.29 is 19.4 Å². The summed E-state index contributed by atoms with van der Waals surface area (Å²) in [6, 6.07) is 19.7. The topological polar surface area (TPSA) is 104 Å². The maximum atomic E-state index is 13.0. The molecular weight excluding hydrogens is 420 g/mol. The molecule has 0 spiro atoms. The molecule has 0 saturated heterocycles. The van der Waals surface area contributed by atoms with Crippen molar-refractivity contribution in [2.45, 2.75) is 0 Å². The number of aromatic hydroxyl groups is 1. The van der Waals surface area contributed by atoms with Crippen molar-refractivity contribution in [3.8, 4) is 5.75 Å². The van der Waals surface area contributed by atoms with Crippen molar-refractivity contribution in [1.29, 1.82) is 0 Å². The molecule has 0 atom stereocenters. The second-order valence-electron chi connectivity index (χ2n) is 7.25. The van der Waals surface area contributed by atoms with E-state index in [9.17, 15) is 14.7 Å². The Bertz CT molecular complexity index is 1320. The molecule has 166 valence electrons. The molecule has 8 nitrogen and oxygen atoms in total. The number of pyridine rings is 1. The number of methoxy groups -OCH3 is 1. The van der Waals surface area contributed by atoms with Crippen LogP contribution in [0, 0.1) is 0 Å². The number of anilines is 3. The van der Waals surface area contributed by atoms with Gasteiger partial charge in [0, 0.05) is 30.5 Å². The van der Waals surface area contributed by atoms with Crippen molar-refractivity contribution in [3.05, 3.63) is 90.3 Å². The zero-order valence-electron chi connectivity index (χ0n) is 18.1. The number of hydrazine groups is 1. The van der Waals surface area contributed by atoms with Crippen LogP contribution >= 0.6 is 0 Å². The standard InChI is InChI=1S/C25H22N4O4/c1-29(28-21-12-13-26-15-20(21)25(32)33-2)22-18-11-7-6-8-16(18)14-19(23(22)30)24(31)27-17-9-4-3-5-10-17/h3-15,30H,1-2H3,(H,26,28)(H,27,31). The number of phenolic OH excluding ortho intramolecular Hbond substituents is 1. The molecule has 0 saturated carbocycles. The number of nitrogens with one attached hydrogen (secondary N) is 2. The number of hydrogen-bond acceptors (Lipinski definition) is 7. The lowest BCUT2D eigenvalue weighted by Crippen LogP contribution is -2.27. The van der Waals surface area contributed by atoms with Gasteiger partial charge in [-0.1, -0.05) is 42.5 Å². The summed E-state index contributed by atoms with van der Waals surface area (Å²) in [4.78, 5) is 29.1. The number of para-hydroxylation sites is 1. The summed E-state index contributed by atoms with van der Waals surface area (Å²) in [6.07, 6.45) is 2.92. The van der Waals surface area contributed by atoms with E-state index in [0.29, 0.717) is 17.1 Å². The van der Waals surface area contributed by atoms with E-state index in [1.165, 1.54) is 19.5 Å². The van der Waals surface area contributed by atoms with Gasteiger partial charge < -0.3 is 15.2 Å². The number of fused-ring (bicyclic) bond motifs is 1. The number of carbonyl (C=O) groups is 2. The van der Waals surface area contributed by atoms with E-state index in [1.807, 2.05) is 42.5 Å². The Morgan fingerprint density at radius 1 is 1.00 bits per heavy atom. The second-order valence-corrected chi connectivity index (χ2v) is 7.25. The fourth-order valence-electron chi connectivity index (χ4n) is 3.55. The highest BCUT2D eigenvalue weighted by Crippen LogP contribution is 2.39. The summed E-state index contributed by atoms with van der Waals surface area (Å²) in [5.41, 5.74) is 4.86. The van der Waals surface area contributed by atoms with Crippen molar-refractivity contribution in [1.82, 2.24) is 4.98 Å². The normalized spacial score (nSPS) is 10.5. The molecule has 3 aromatic carbocycles. The molecule has 4 aromatic rings. The van der Waals surface area contributed by atoms with Gasteiger partial charge in [0.15, 0.2) is 5.75 Å². The lowest BCUT2D eigenvalue weighted by atomic mass is 10.0. The molecule has 33 heavy (non-hydrogen) atoms. The van der Waals surface area contributed by atoms with E-state index in [-0.39, 0.29) is 16.9 Å². The smallest absolute Gasteiger partial charge is 0.341 e. The molecule has 4 rings (SSSR count). The van der Waals surface area contributed by atoms with Crippen molar-refractivity contribution >= 4 is 39.7 Å². The van der Waals surface area contributed by atoms with Crippen LogP contribution in [0.2, 0.25) is 0 Å². The summed E-state index contributed by atoms with van der Waals surface area (Å²) < 4.78 is 4.83. The maximum Gasteiger partial charge on any atom is 0.341 e. The molecule has 0 fully saturated rings. The van der Waals surface area contributed by atoms with E-state index in [1.54, 1.807) is 36.3 Å². The van der Waals surface area contributed by atoms with Gasteiger partial charge in [0.2, 0.25) is 0 Å². The van der Waals surface area contributed by atoms with Gasteiger partial charge in [-0.25, -0.2) is 4.79 Å². The molecular formula is C25H22N4O4. The minimum Gasteiger partial charge on any atom is -0.505 e. The van der Waals surface area contributed by atoms with Gasteiger partial charge in [0.05, 0.1) is 18.4 Å². The Hall–Kier alpha value is -4.59. The van der Waals surface area contributed by atoms with Crippen LogP contribution in [0.5, 0.6) is 5.75 Å². The van der Waals surface area contributed by atoms with Crippen LogP contribution in [0.1, 0.15) is 20.7 Å². The van der Waals surface area contributed by atoms with Gasteiger partial charge in [-0.05, 0) is 29.7 Å². The number of carbonyl (C=O) groups excluding carboxylic acids is 2. The number of benzene rings is 3. The zero-order valence-corrected chi connectivity index (χ0v) is 18.1. The number of ether oxygens (including phenoxy) is 1. The van der Waals surface area contributed by atoms with Crippen LogP contribution in [0.4, 0.5) is 17.1 Å². The molecule has 3 N–H and O–H groups in total. The molecule has 1 amide bonds. The number of esters is 1. The number of nitrogens with zero attached hydrogens (tertiary/aromatic N) is 2. The van der Waals surface area contributed by atoms with Gasteiger partial charge in [0.1, 0.15) is 11.3 Å². The lowest BCUT2D eigenvalue weighted by molar-refractivity contribution is 0.0601. The molecule has 1 heterocycles. The van der Waals surface area contributed by atoms with E-state index in [4.69, 9.17) is 4.74 Å². The molecule has 0 unspecified atom stereocenters. The largest absolute Gasteiger partial charge is 0.505 e. The Balaban J connectivity index is 1.76. The van der Waals surface area contributed by atoms with E-state index < -0.39 is 11.9 Å². The Morgan fingerprint density at radius 2 is 1.73 bits per heavy atom. The van der Waals surface area contributed by atoms with Crippen LogP contribution in [0.3, 0.4) is 0 Å². The third-order valence-corrected chi connectivity index (χ3v) is 5.12. The predicted octanol–water partition coefficient (Wildman–Crippen LogP) is 4.44. The summed E-state index contributed by atoms with van der Waals surface area (Å²) >= 11 is 0. The van der Waals surface area contributed by atoms with Crippen LogP contribution in [-0.4, -0.2) is 36.1 Å². The van der Waals surface area contributed by atoms with Crippen molar-refractivity contribution in [3.63, 3.8) is 0 Å². The maximum absolute atomic E-state index is 13.0. The van der Waals surface area contributed by atoms with Crippen LogP contribution in [-0.2, 0) is 4.74 Å². The lowest BCUT2D eigenvalue weighted by Gasteiger charge is -2.26. The van der Waals surface area contributed by atoms with Gasteiger partial charge in [0.25, 0.3) is 5.91 Å². The number of amides is 1. The van der Waals surface area contributed by atoms with E-state index in [0.717, 1.165) is 10.8 Å². The van der Waals surface area contributed by atoms with Gasteiger partial charge >= 0.3 is 5.97 Å². The Morgan fingerprint density at radius 3 is 2.48 bits per heavy atom. The van der Waals surface area contributed by atoms with Gasteiger partial charge in [-0.3, -0.25) is 20.2 Å². The highest BCUT2D eigenvalue weighted by Gasteiger charge is 2.22. The summed E-state index contributed by atoms with van der Waals surface area (Å²) in [7, 11) is 2.97. The summed E-state index contributed by atoms with van der Waals surface area (Å²) in [5, 5.41) is 17.0. The van der Waals surface area contributed by atoms with Crippen LogP contribution < -0.4 is 15.8 Å². The molecule has 0 aliphatic carbocycles. The van der Waals surface area contributed by atoms with Gasteiger partial charge in [-0.2, -0.15) is 0 Å². The monoisotopic (exact) mass is 442 g/mol. The molecule has 0 radical (unpaired) electrons. The van der Waals surface area contributed by atoms with E-state index in [2.05, 4.69) is 15.7 Å². The second kappa shape index (κ2) is 9.27. The number of phenols is 1. The Kier molecular flexibility index (Phi) is 6.08. The van der Waals surface area contributed by atoms with Crippen LogP contribution in [0.15, 0.2) is 79.1 Å². The molecule has 0 bridgehead atoms. The van der Waals surface area contributed by atoms with Crippen molar-refractivity contribution in [2.75, 3.05) is 29.9 Å². The molecule has 0 aliphatic heterocycles. The fourth-order valence-corrected chi connectivity index (χ4v) is 3.55. The minimum absolute atomic E-state index is 0.115. The summed E-state index contributed by atoms with van der Waals surface area (Å²) in [5.74, 6) is -1.20. The summed E-state index contributed by atoms with van der Waals surface area (Å²) in [6.45, 7) is 0. The third-order valence-electron chi connectivity index (χ3n) is 5.12. The molecule has 8 heteroatoms. The highest BCUT2D eigenvalue weighted by atomic mass is 16.5. The fraction of sp³-hybridized carbons (Fsp3) is 0.0800. The minimum atomic E-state index is -0.552.